The summed E-state index contributed by atoms with van der Waals surface area (Å²) in [7, 11) is 1.58. The first-order chi connectivity index (χ1) is 21.7. The molecule has 228 valence electrons. The summed E-state index contributed by atoms with van der Waals surface area (Å²) in [6.07, 6.45) is -0.0497. The Hall–Kier alpha value is -6.04. The molecule has 4 aromatic rings. The van der Waals surface area contributed by atoms with Crippen molar-refractivity contribution < 1.29 is 43.0 Å². The average molecular weight is 611 g/mol. The Morgan fingerprint density at radius 2 is 1.36 bits per heavy atom. The van der Waals surface area contributed by atoms with Crippen molar-refractivity contribution in [2.75, 3.05) is 25.2 Å². The van der Waals surface area contributed by atoms with Crippen LogP contribution in [0.25, 0.3) is 0 Å². The zero-order valence-electron chi connectivity index (χ0n) is 23.9. The van der Waals surface area contributed by atoms with Crippen molar-refractivity contribution in [2.24, 2.45) is 5.92 Å². The molecule has 1 aliphatic heterocycles. The van der Waals surface area contributed by atoms with Crippen LogP contribution in [0.3, 0.4) is 0 Å². The van der Waals surface area contributed by atoms with Gasteiger partial charge in [-0.1, -0.05) is 0 Å². The number of carbonyl (C=O) groups excluding carboxylic acids is 4. The first-order valence-corrected chi connectivity index (χ1v) is 13.7. The second-order valence-corrected chi connectivity index (χ2v) is 9.93. The predicted molar refractivity (Wildman–Crippen MR) is 160 cm³/mol. The lowest BCUT2D eigenvalue weighted by Gasteiger charge is -2.17. The number of ketones is 1. The smallest absolute Gasteiger partial charge is 0.343 e. The number of nitro groups is 1. The minimum atomic E-state index is -0.735. The third-order valence-electron chi connectivity index (χ3n) is 6.95. The Bertz CT molecular complexity index is 1720. The van der Waals surface area contributed by atoms with Crippen molar-refractivity contribution in [1.29, 1.82) is 0 Å². The second kappa shape index (κ2) is 13.5. The number of amides is 1. The highest BCUT2D eigenvalue weighted by Crippen LogP contribution is 2.30. The van der Waals surface area contributed by atoms with Crippen LogP contribution in [0.15, 0.2) is 97.1 Å². The number of anilines is 1. The molecule has 5 rings (SSSR count). The van der Waals surface area contributed by atoms with Crippen LogP contribution in [0, 0.1) is 16.0 Å². The summed E-state index contributed by atoms with van der Waals surface area (Å²) < 4.78 is 21.4. The molecule has 0 N–H and O–H groups in total. The quantitative estimate of drug-likeness (QED) is 0.0710. The first-order valence-electron chi connectivity index (χ1n) is 13.7. The first kappa shape index (κ1) is 30.4. The molecular formula is C33H26N2O10. The van der Waals surface area contributed by atoms with Crippen LogP contribution in [0.1, 0.15) is 27.1 Å². The Balaban J connectivity index is 1.09. The van der Waals surface area contributed by atoms with E-state index in [-0.39, 0.29) is 41.4 Å². The fourth-order valence-corrected chi connectivity index (χ4v) is 4.52. The van der Waals surface area contributed by atoms with Gasteiger partial charge in [-0.3, -0.25) is 24.5 Å². The number of Topliss-reactive ketones (excluding diaryl/α,β-unsaturated/α-hetero) is 1. The second-order valence-electron chi connectivity index (χ2n) is 9.93. The standard InChI is InChI=1S/C33H26N2O10/c1-42-26-14-16-28(17-15-26)44-27-12-8-24(9-13-27)34-19-23(18-31(34)37)32(38)43-20-30(36)21-4-10-29(11-5-21)45-33(39)22-2-6-25(7-3-22)35(40)41/h2-17,23H,18-20H2,1H3/t23-/m0/s1. The lowest BCUT2D eigenvalue weighted by atomic mass is 10.1. The van der Waals surface area contributed by atoms with Crippen molar-refractivity contribution in [1.82, 2.24) is 0 Å². The van der Waals surface area contributed by atoms with E-state index in [9.17, 15) is 29.3 Å². The van der Waals surface area contributed by atoms with Crippen molar-refractivity contribution in [3.63, 3.8) is 0 Å². The van der Waals surface area contributed by atoms with Crippen LogP contribution >= 0.6 is 0 Å². The van der Waals surface area contributed by atoms with Gasteiger partial charge >= 0.3 is 11.9 Å². The molecule has 12 heteroatoms. The molecule has 4 aromatic carbocycles. The van der Waals surface area contributed by atoms with E-state index < -0.39 is 35.2 Å². The van der Waals surface area contributed by atoms with Gasteiger partial charge in [-0.15, -0.1) is 0 Å². The number of esters is 2. The van der Waals surface area contributed by atoms with Gasteiger partial charge in [-0.25, -0.2) is 4.79 Å². The maximum atomic E-state index is 12.7. The molecule has 45 heavy (non-hydrogen) atoms. The Morgan fingerprint density at radius 1 is 0.800 bits per heavy atom. The zero-order chi connectivity index (χ0) is 31.9. The summed E-state index contributed by atoms with van der Waals surface area (Å²) in [5.74, 6) is -0.795. The molecule has 1 atom stereocenters. The third-order valence-corrected chi connectivity index (χ3v) is 6.95. The summed E-state index contributed by atoms with van der Waals surface area (Å²) in [6, 6.07) is 24.6. The van der Waals surface area contributed by atoms with Gasteiger partial charge in [0.15, 0.2) is 12.4 Å². The number of methoxy groups -OCH3 is 1. The van der Waals surface area contributed by atoms with Crippen LogP contribution < -0.4 is 19.1 Å². The lowest BCUT2D eigenvalue weighted by Crippen LogP contribution is -2.27. The van der Waals surface area contributed by atoms with Crippen LogP contribution in [0.5, 0.6) is 23.0 Å². The van der Waals surface area contributed by atoms with Gasteiger partial charge in [0.25, 0.3) is 5.69 Å². The van der Waals surface area contributed by atoms with Crippen LogP contribution in [-0.2, 0) is 14.3 Å². The van der Waals surface area contributed by atoms with E-state index in [4.69, 9.17) is 18.9 Å². The zero-order valence-corrected chi connectivity index (χ0v) is 23.9. The lowest BCUT2D eigenvalue weighted by molar-refractivity contribution is -0.384. The number of non-ortho nitro benzene ring substituents is 1. The van der Waals surface area contributed by atoms with Crippen molar-refractivity contribution in [2.45, 2.75) is 6.42 Å². The maximum Gasteiger partial charge on any atom is 0.343 e. The molecular weight excluding hydrogens is 584 g/mol. The number of carbonyl (C=O) groups is 4. The third kappa shape index (κ3) is 7.49. The van der Waals surface area contributed by atoms with Crippen LogP contribution in [0.2, 0.25) is 0 Å². The van der Waals surface area contributed by atoms with Gasteiger partial charge in [0.05, 0.1) is 23.5 Å². The van der Waals surface area contributed by atoms with E-state index in [0.717, 1.165) is 0 Å². The number of rotatable bonds is 11. The average Bonchev–Trinajstić information content (AvgIpc) is 3.46. The highest BCUT2D eigenvalue weighted by atomic mass is 16.6. The molecule has 1 aliphatic rings. The highest BCUT2D eigenvalue weighted by Gasteiger charge is 2.36. The SMILES string of the molecule is COc1ccc(Oc2ccc(N3C[C@@H](C(=O)OCC(=O)c4ccc(OC(=O)c5ccc([N+](=O)[O-])cc5)cc4)CC3=O)cc2)cc1. The molecule has 1 fully saturated rings. The number of nitrogens with zero attached hydrogens (tertiary/aromatic N) is 2. The summed E-state index contributed by atoms with van der Waals surface area (Å²) in [5, 5.41) is 10.8. The predicted octanol–water partition coefficient (Wildman–Crippen LogP) is 5.39. The molecule has 0 radical (unpaired) electrons. The topological polar surface area (TPSA) is 152 Å². The van der Waals surface area contributed by atoms with Gasteiger partial charge in [-0.05, 0) is 84.9 Å². The summed E-state index contributed by atoms with van der Waals surface area (Å²) >= 11 is 0. The molecule has 12 nitrogen and oxygen atoms in total. The van der Waals surface area contributed by atoms with Crippen molar-refractivity contribution in [3.05, 3.63) is 118 Å². The van der Waals surface area contributed by atoms with E-state index in [1.807, 2.05) is 0 Å². The van der Waals surface area contributed by atoms with Crippen LogP contribution in [0.4, 0.5) is 11.4 Å². The Morgan fingerprint density at radius 3 is 1.96 bits per heavy atom. The Kier molecular flexibility index (Phi) is 9.13. The monoisotopic (exact) mass is 610 g/mol. The largest absolute Gasteiger partial charge is 0.497 e. The molecule has 1 amide bonds. The molecule has 0 unspecified atom stereocenters. The molecule has 0 bridgehead atoms. The van der Waals surface area contributed by atoms with Gasteiger partial charge in [-0.2, -0.15) is 0 Å². The number of nitro benzene ring substituents is 1. The molecule has 0 saturated carbocycles. The summed E-state index contributed by atoms with van der Waals surface area (Å²) in [5.41, 5.74) is 0.781. The number of benzene rings is 4. The normalized spacial score (nSPS) is 14.0. The van der Waals surface area contributed by atoms with Crippen molar-refractivity contribution in [3.8, 4) is 23.0 Å². The van der Waals surface area contributed by atoms with Gasteiger partial charge in [0, 0.05) is 36.3 Å². The Labute approximate surface area is 256 Å². The highest BCUT2D eigenvalue weighted by molar-refractivity contribution is 6.01. The summed E-state index contributed by atoms with van der Waals surface area (Å²) in [4.78, 5) is 62.0. The van der Waals surface area contributed by atoms with E-state index in [1.165, 1.54) is 53.4 Å². The summed E-state index contributed by atoms with van der Waals surface area (Å²) in [6.45, 7) is -0.414. The van der Waals surface area contributed by atoms with E-state index in [0.29, 0.717) is 22.9 Å². The number of hydrogen-bond donors (Lipinski definition) is 0. The number of hydrogen-bond acceptors (Lipinski definition) is 10. The minimum Gasteiger partial charge on any atom is -0.497 e. The van der Waals surface area contributed by atoms with E-state index in [2.05, 4.69) is 0 Å². The van der Waals surface area contributed by atoms with Crippen LogP contribution in [-0.4, -0.2) is 48.8 Å². The van der Waals surface area contributed by atoms with E-state index >= 15 is 0 Å². The fraction of sp³-hybridized carbons (Fsp3) is 0.152. The van der Waals surface area contributed by atoms with Crippen molar-refractivity contribution >= 4 is 35.0 Å². The minimum absolute atomic E-state index is 0.0497. The maximum absolute atomic E-state index is 12.7. The molecule has 1 saturated heterocycles. The van der Waals surface area contributed by atoms with Gasteiger partial charge < -0.3 is 23.8 Å². The van der Waals surface area contributed by atoms with E-state index in [1.54, 1.807) is 55.6 Å². The fourth-order valence-electron chi connectivity index (χ4n) is 4.52. The van der Waals surface area contributed by atoms with Gasteiger partial charge in [0.2, 0.25) is 5.91 Å². The molecule has 0 aliphatic carbocycles. The van der Waals surface area contributed by atoms with Gasteiger partial charge in [0.1, 0.15) is 23.0 Å². The molecule has 0 spiro atoms. The number of ether oxygens (including phenoxy) is 4. The molecule has 0 aromatic heterocycles. The molecule has 1 heterocycles.